The molecule has 172 valence electrons. The standard InChI is InChI=1S/C20H11ClF9NO/c1-2-10-3-4-11(5-15(10)19(25,26)27)16-9-17(32-31-16,20(28,29)30)12-6-13(18(22,23)24)8-14(21)7-12/h2-8H,1,9H2. The van der Waals surface area contributed by atoms with Gasteiger partial charge in [-0.2, -0.15) is 39.5 Å². The van der Waals surface area contributed by atoms with Crippen LogP contribution < -0.4 is 0 Å². The predicted molar refractivity (Wildman–Crippen MR) is 98.0 cm³/mol. The first-order valence-electron chi connectivity index (χ1n) is 8.62. The lowest BCUT2D eigenvalue weighted by molar-refractivity contribution is -0.276. The van der Waals surface area contributed by atoms with Crippen LogP contribution in [-0.2, 0) is 22.8 Å². The minimum absolute atomic E-state index is 0.222. The maximum atomic E-state index is 14.0. The molecule has 1 aliphatic heterocycles. The Labute approximate surface area is 179 Å². The van der Waals surface area contributed by atoms with Crippen molar-refractivity contribution in [3.63, 3.8) is 0 Å². The lowest BCUT2D eigenvalue weighted by atomic mass is 9.85. The monoisotopic (exact) mass is 487 g/mol. The SMILES string of the molecule is C=Cc1ccc(C2=NOC(c3cc(Cl)cc(C(F)(F)F)c3)(C(F)(F)F)C2)cc1C(F)(F)F. The summed E-state index contributed by atoms with van der Waals surface area (Å²) in [6.07, 6.45) is -15.4. The van der Waals surface area contributed by atoms with E-state index in [-0.39, 0.29) is 17.2 Å². The van der Waals surface area contributed by atoms with E-state index in [9.17, 15) is 39.5 Å². The number of nitrogens with zero attached hydrogens (tertiary/aromatic N) is 1. The molecule has 0 saturated heterocycles. The molecule has 0 aliphatic carbocycles. The van der Waals surface area contributed by atoms with E-state index in [0.29, 0.717) is 18.2 Å². The molecule has 0 bridgehead atoms. The summed E-state index contributed by atoms with van der Waals surface area (Å²) in [6, 6.07) is 3.95. The molecule has 1 aliphatic rings. The molecule has 0 saturated carbocycles. The first kappa shape index (κ1) is 24.0. The lowest BCUT2D eigenvalue weighted by Gasteiger charge is -2.30. The molecule has 0 fully saturated rings. The molecule has 2 aromatic rings. The minimum Gasteiger partial charge on any atom is -0.374 e. The molecule has 0 aromatic heterocycles. The average Bonchev–Trinajstić information content (AvgIpc) is 3.12. The summed E-state index contributed by atoms with van der Waals surface area (Å²) < 4.78 is 121. The molecule has 1 heterocycles. The summed E-state index contributed by atoms with van der Waals surface area (Å²) in [5, 5.41) is 2.65. The number of hydrogen-bond donors (Lipinski definition) is 0. The van der Waals surface area contributed by atoms with Gasteiger partial charge in [0.2, 0.25) is 0 Å². The molecule has 0 radical (unpaired) electrons. The second kappa shape index (κ2) is 7.72. The number of rotatable bonds is 3. The molecule has 2 nitrogen and oxygen atoms in total. The van der Waals surface area contributed by atoms with E-state index in [4.69, 9.17) is 11.6 Å². The van der Waals surface area contributed by atoms with Crippen molar-refractivity contribution in [1.82, 2.24) is 0 Å². The Hall–Kier alpha value is -2.69. The molecular weight excluding hydrogens is 477 g/mol. The Morgan fingerprint density at radius 2 is 1.59 bits per heavy atom. The fourth-order valence-corrected chi connectivity index (χ4v) is 3.44. The second-order valence-corrected chi connectivity index (χ2v) is 7.30. The first-order valence-corrected chi connectivity index (χ1v) is 9.00. The van der Waals surface area contributed by atoms with Gasteiger partial charge in [-0.3, -0.25) is 0 Å². The molecule has 12 heteroatoms. The lowest BCUT2D eigenvalue weighted by Crippen LogP contribution is -2.43. The van der Waals surface area contributed by atoms with Crippen LogP contribution in [0.3, 0.4) is 0 Å². The van der Waals surface area contributed by atoms with Crippen molar-refractivity contribution in [3.8, 4) is 0 Å². The summed E-state index contributed by atoms with van der Waals surface area (Å²) in [5.41, 5.74) is -8.16. The van der Waals surface area contributed by atoms with Gasteiger partial charge in [0.15, 0.2) is 0 Å². The molecule has 0 spiro atoms. The summed E-state index contributed by atoms with van der Waals surface area (Å²) in [4.78, 5) is 4.60. The second-order valence-electron chi connectivity index (χ2n) is 6.86. The molecule has 3 rings (SSSR count). The maximum absolute atomic E-state index is 14.0. The van der Waals surface area contributed by atoms with Crippen LogP contribution in [0.25, 0.3) is 6.08 Å². The fourth-order valence-electron chi connectivity index (χ4n) is 3.20. The van der Waals surface area contributed by atoms with Gasteiger partial charge in [-0.15, -0.1) is 0 Å². The van der Waals surface area contributed by atoms with Crippen molar-refractivity contribution in [1.29, 1.82) is 0 Å². The van der Waals surface area contributed by atoms with Gasteiger partial charge in [0.25, 0.3) is 5.60 Å². The maximum Gasteiger partial charge on any atom is 0.435 e. The zero-order chi connectivity index (χ0) is 24.1. The Morgan fingerprint density at radius 3 is 2.12 bits per heavy atom. The quantitative estimate of drug-likeness (QED) is 0.408. The molecular formula is C20H11ClF9NO. The smallest absolute Gasteiger partial charge is 0.374 e. The Morgan fingerprint density at radius 1 is 0.938 bits per heavy atom. The highest BCUT2D eigenvalue weighted by Crippen LogP contribution is 2.50. The van der Waals surface area contributed by atoms with E-state index in [0.717, 1.165) is 18.2 Å². The van der Waals surface area contributed by atoms with Gasteiger partial charge in [0.1, 0.15) is 0 Å². The van der Waals surface area contributed by atoms with Crippen molar-refractivity contribution in [3.05, 3.63) is 75.8 Å². The highest BCUT2D eigenvalue weighted by atomic mass is 35.5. The van der Waals surface area contributed by atoms with Gasteiger partial charge < -0.3 is 4.84 Å². The van der Waals surface area contributed by atoms with Crippen LogP contribution in [0, 0.1) is 0 Å². The van der Waals surface area contributed by atoms with E-state index in [2.05, 4.69) is 16.6 Å². The fraction of sp³-hybridized carbons (Fsp3) is 0.250. The normalized spacial score (nSPS) is 19.5. The molecule has 1 atom stereocenters. The Bertz CT molecular complexity index is 1090. The van der Waals surface area contributed by atoms with E-state index in [1.807, 2.05) is 0 Å². The summed E-state index contributed by atoms with van der Waals surface area (Å²) in [6.45, 7) is 3.26. The first-order chi connectivity index (χ1) is 14.6. The zero-order valence-corrected chi connectivity index (χ0v) is 16.3. The van der Waals surface area contributed by atoms with Crippen LogP contribution in [0.5, 0.6) is 0 Å². The van der Waals surface area contributed by atoms with Crippen molar-refractivity contribution < 1.29 is 44.4 Å². The zero-order valence-electron chi connectivity index (χ0n) is 15.6. The number of alkyl halides is 9. The van der Waals surface area contributed by atoms with Gasteiger partial charge in [-0.25, -0.2) is 0 Å². The highest BCUT2D eigenvalue weighted by molar-refractivity contribution is 6.30. The van der Waals surface area contributed by atoms with Gasteiger partial charge >= 0.3 is 18.5 Å². The van der Waals surface area contributed by atoms with E-state index < -0.39 is 58.0 Å². The van der Waals surface area contributed by atoms with Gasteiger partial charge in [0, 0.05) is 22.6 Å². The number of benzene rings is 2. The molecule has 0 N–H and O–H groups in total. The third-order valence-corrected chi connectivity index (χ3v) is 5.01. The van der Waals surface area contributed by atoms with Crippen LogP contribution >= 0.6 is 11.6 Å². The van der Waals surface area contributed by atoms with E-state index in [1.54, 1.807) is 0 Å². The average molecular weight is 488 g/mol. The van der Waals surface area contributed by atoms with Crippen LogP contribution in [0.4, 0.5) is 39.5 Å². The topological polar surface area (TPSA) is 21.6 Å². The van der Waals surface area contributed by atoms with E-state index >= 15 is 0 Å². The van der Waals surface area contributed by atoms with Crippen LogP contribution in [0.15, 0.2) is 48.1 Å². The molecule has 0 amide bonds. The van der Waals surface area contributed by atoms with Crippen molar-refractivity contribution in [2.75, 3.05) is 0 Å². The van der Waals surface area contributed by atoms with Gasteiger partial charge in [0.05, 0.1) is 16.8 Å². The van der Waals surface area contributed by atoms with E-state index in [1.165, 1.54) is 0 Å². The molecule has 2 aromatic carbocycles. The third kappa shape index (κ3) is 4.30. The molecule has 1 unspecified atom stereocenters. The number of halogens is 10. The summed E-state index contributed by atoms with van der Waals surface area (Å²) in [5.74, 6) is 0. The summed E-state index contributed by atoms with van der Waals surface area (Å²) in [7, 11) is 0. The third-order valence-electron chi connectivity index (χ3n) is 4.79. The highest BCUT2D eigenvalue weighted by Gasteiger charge is 2.62. The van der Waals surface area contributed by atoms with Gasteiger partial charge in [-0.05, 0) is 29.8 Å². The van der Waals surface area contributed by atoms with Crippen molar-refractivity contribution in [2.24, 2.45) is 5.16 Å². The van der Waals surface area contributed by atoms with Crippen LogP contribution in [-0.4, -0.2) is 11.9 Å². The largest absolute Gasteiger partial charge is 0.435 e. The minimum atomic E-state index is -5.28. The van der Waals surface area contributed by atoms with Crippen molar-refractivity contribution >= 4 is 23.4 Å². The molecule has 32 heavy (non-hydrogen) atoms. The van der Waals surface area contributed by atoms with Crippen molar-refractivity contribution in [2.45, 2.75) is 30.6 Å². The predicted octanol–water partition coefficient (Wildman–Crippen LogP) is 7.60. The number of oxime groups is 1. The number of hydrogen-bond acceptors (Lipinski definition) is 2. The van der Waals surface area contributed by atoms with Crippen LogP contribution in [0.1, 0.15) is 34.2 Å². The van der Waals surface area contributed by atoms with Gasteiger partial charge in [-0.1, -0.05) is 41.5 Å². The van der Waals surface area contributed by atoms with Crippen LogP contribution in [0.2, 0.25) is 5.02 Å². The Balaban J connectivity index is 2.10. The summed E-state index contributed by atoms with van der Waals surface area (Å²) >= 11 is 5.61. The Kier molecular flexibility index (Phi) is 5.78.